The quantitative estimate of drug-likeness (QED) is 0.755. The molecule has 1 N–H and O–H groups in total. The van der Waals surface area contributed by atoms with Gasteiger partial charge in [0.2, 0.25) is 5.89 Å². The fourth-order valence-corrected chi connectivity index (χ4v) is 2.28. The van der Waals surface area contributed by atoms with Gasteiger partial charge in [-0.3, -0.25) is 0 Å². The highest BCUT2D eigenvalue weighted by atomic mass is 19.1. The molecule has 0 aliphatic heterocycles. The molecule has 23 heavy (non-hydrogen) atoms. The Morgan fingerprint density at radius 3 is 2.61 bits per heavy atom. The average molecular weight is 311 g/mol. The zero-order valence-electron chi connectivity index (χ0n) is 12.9. The van der Waals surface area contributed by atoms with Crippen molar-refractivity contribution in [3.63, 3.8) is 0 Å². The average Bonchev–Trinajstić information content (AvgIpc) is 3.03. The van der Waals surface area contributed by atoms with E-state index in [0.717, 1.165) is 5.56 Å². The van der Waals surface area contributed by atoms with Crippen LogP contribution in [0.15, 0.2) is 59.1 Å². The van der Waals surface area contributed by atoms with Gasteiger partial charge in [-0.1, -0.05) is 53.7 Å². The molecule has 2 aromatic carbocycles. The van der Waals surface area contributed by atoms with Crippen molar-refractivity contribution in [2.75, 3.05) is 0 Å². The Balaban J connectivity index is 1.60. The van der Waals surface area contributed by atoms with E-state index in [-0.39, 0.29) is 11.9 Å². The molecule has 0 fully saturated rings. The van der Waals surface area contributed by atoms with Crippen molar-refractivity contribution in [1.29, 1.82) is 0 Å². The number of hydrogen-bond donors (Lipinski definition) is 1. The van der Waals surface area contributed by atoms with Crippen LogP contribution >= 0.6 is 0 Å². The first-order chi connectivity index (χ1) is 11.2. The van der Waals surface area contributed by atoms with E-state index in [1.54, 1.807) is 12.1 Å². The van der Waals surface area contributed by atoms with Crippen LogP contribution in [0, 0.1) is 5.82 Å². The normalized spacial score (nSPS) is 12.3. The number of rotatable bonds is 6. The summed E-state index contributed by atoms with van der Waals surface area (Å²) in [5, 5.41) is 7.21. The summed E-state index contributed by atoms with van der Waals surface area (Å²) in [6, 6.07) is 16.5. The van der Waals surface area contributed by atoms with Crippen molar-refractivity contribution in [3.8, 4) is 0 Å². The van der Waals surface area contributed by atoms with Crippen LogP contribution in [0.3, 0.4) is 0 Å². The van der Waals surface area contributed by atoms with Gasteiger partial charge in [0.1, 0.15) is 5.82 Å². The van der Waals surface area contributed by atoms with Crippen LogP contribution in [0.25, 0.3) is 0 Å². The lowest BCUT2D eigenvalue weighted by atomic mass is 10.1. The van der Waals surface area contributed by atoms with Crippen LogP contribution in [0.2, 0.25) is 0 Å². The first-order valence-corrected chi connectivity index (χ1v) is 7.55. The molecule has 5 heteroatoms. The lowest BCUT2D eigenvalue weighted by molar-refractivity contribution is 0.372. The van der Waals surface area contributed by atoms with Crippen LogP contribution in [0.4, 0.5) is 4.39 Å². The van der Waals surface area contributed by atoms with Crippen LogP contribution in [0.1, 0.15) is 35.8 Å². The Morgan fingerprint density at radius 2 is 1.83 bits per heavy atom. The zero-order valence-corrected chi connectivity index (χ0v) is 12.9. The van der Waals surface area contributed by atoms with E-state index >= 15 is 0 Å². The molecule has 3 aromatic rings. The van der Waals surface area contributed by atoms with Crippen molar-refractivity contribution in [2.45, 2.75) is 25.9 Å². The largest absolute Gasteiger partial charge is 0.339 e. The summed E-state index contributed by atoms with van der Waals surface area (Å²) >= 11 is 0. The van der Waals surface area contributed by atoms with E-state index in [9.17, 15) is 4.39 Å². The Hall–Kier alpha value is -2.53. The maximum Gasteiger partial charge on any atom is 0.231 e. The SMILES string of the molecule is CC(NCc1ccccc1F)c1noc(Cc2ccccc2)n1. The molecule has 0 amide bonds. The van der Waals surface area contributed by atoms with E-state index in [1.165, 1.54) is 6.07 Å². The molecular formula is C18H18FN3O. The van der Waals surface area contributed by atoms with E-state index in [2.05, 4.69) is 15.5 Å². The van der Waals surface area contributed by atoms with Crippen molar-refractivity contribution >= 4 is 0 Å². The predicted molar refractivity (Wildman–Crippen MR) is 85.2 cm³/mol. The van der Waals surface area contributed by atoms with Gasteiger partial charge in [0, 0.05) is 12.1 Å². The van der Waals surface area contributed by atoms with Gasteiger partial charge in [-0.05, 0) is 18.6 Å². The minimum Gasteiger partial charge on any atom is -0.339 e. The van der Waals surface area contributed by atoms with Gasteiger partial charge in [-0.15, -0.1) is 0 Å². The topological polar surface area (TPSA) is 51.0 Å². The Labute approximate surface area is 134 Å². The number of benzene rings is 2. The molecule has 0 aliphatic carbocycles. The van der Waals surface area contributed by atoms with Crippen LogP contribution in [0.5, 0.6) is 0 Å². The molecule has 3 rings (SSSR count). The number of halogens is 1. The van der Waals surface area contributed by atoms with E-state index in [1.807, 2.05) is 43.3 Å². The van der Waals surface area contributed by atoms with Crippen LogP contribution in [-0.4, -0.2) is 10.1 Å². The van der Waals surface area contributed by atoms with Gasteiger partial charge in [-0.2, -0.15) is 4.98 Å². The Bertz CT molecular complexity index is 758. The first kappa shape index (κ1) is 15.4. The smallest absolute Gasteiger partial charge is 0.231 e. The summed E-state index contributed by atoms with van der Waals surface area (Å²) < 4.78 is 18.9. The van der Waals surface area contributed by atoms with Crippen molar-refractivity contribution < 1.29 is 8.91 Å². The maximum atomic E-state index is 13.6. The van der Waals surface area contributed by atoms with Crippen LogP contribution < -0.4 is 5.32 Å². The number of nitrogens with zero attached hydrogens (tertiary/aromatic N) is 2. The summed E-state index contributed by atoms with van der Waals surface area (Å²) in [7, 11) is 0. The lowest BCUT2D eigenvalue weighted by Gasteiger charge is -2.10. The van der Waals surface area contributed by atoms with Gasteiger partial charge < -0.3 is 9.84 Å². The van der Waals surface area contributed by atoms with E-state index < -0.39 is 0 Å². The highest BCUT2D eigenvalue weighted by Gasteiger charge is 2.14. The molecule has 4 nitrogen and oxygen atoms in total. The highest BCUT2D eigenvalue weighted by molar-refractivity contribution is 5.19. The Morgan fingerprint density at radius 1 is 1.09 bits per heavy atom. The Kier molecular flexibility index (Phi) is 4.78. The molecule has 1 unspecified atom stereocenters. The second-order valence-electron chi connectivity index (χ2n) is 5.40. The standard InChI is InChI=1S/C18H18FN3O/c1-13(20-12-15-9-5-6-10-16(15)19)18-21-17(23-22-18)11-14-7-3-2-4-8-14/h2-10,13,20H,11-12H2,1H3. The third-order valence-electron chi connectivity index (χ3n) is 3.63. The molecule has 1 heterocycles. The summed E-state index contributed by atoms with van der Waals surface area (Å²) in [4.78, 5) is 4.41. The molecule has 0 saturated carbocycles. The van der Waals surface area contributed by atoms with Crippen molar-refractivity contribution in [3.05, 3.63) is 83.3 Å². The molecular weight excluding hydrogens is 293 g/mol. The number of hydrogen-bond acceptors (Lipinski definition) is 4. The van der Waals surface area contributed by atoms with Gasteiger partial charge in [0.15, 0.2) is 5.82 Å². The number of aromatic nitrogens is 2. The maximum absolute atomic E-state index is 13.6. The second-order valence-corrected chi connectivity index (χ2v) is 5.40. The lowest BCUT2D eigenvalue weighted by Crippen LogP contribution is -2.19. The minimum atomic E-state index is -0.218. The van der Waals surface area contributed by atoms with Gasteiger partial charge in [-0.25, -0.2) is 4.39 Å². The molecule has 1 aromatic heterocycles. The van der Waals surface area contributed by atoms with Crippen LogP contribution in [-0.2, 0) is 13.0 Å². The summed E-state index contributed by atoms with van der Waals surface area (Å²) in [6.07, 6.45) is 0.605. The first-order valence-electron chi connectivity index (χ1n) is 7.55. The highest BCUT2D eigenvalue weighted by Crippen LogP contribution is 2.13. The third kappa shape index (κ3) is 4.02. The predicted octanol–water partition coefficient (Wildman–Crippen LogP) is 3.65. The van der Waals surface area contributed by atoms with Gasteiger partial charge in [0.05, 0.1) is 12.5 Å². The third-order valence-corrected chi connectivity index (χ3v) is 3.63. The zero-order chi connectivity index (χ0) is 16.1. The fourth-order valence-electron chi connectivity index (χ4n) is 2.28. The van der Waals surface area contributed by atoms with Crippen molar-refractivity contribution in [1.82, 2.24) is 15.5 Å². The van der Waals surface area contributed by atoms with E-state index in [0.29, 0.717) is 30.2 Å². The van der Waals surface area contributed by atoms with E-state index in [4.69, 9.17) is 4.52 Å². The minimum absolute atomic E-state index is 0.122. The molecule has 1 atom stereocenters. The van der Waals surface area contributed by atoms with Gasteiger partial charge in [0.25, 0.3) is 0 Å². The molecule has 0 spiro atoms. The summed E-state index contributed by atoms with van der Waals surface area (Å²) in [5.41, 5.74) is 1.74. The summed E-state index contributed by atoms with van der Waals surface area (Å²) in [5.74, 6) is 0.933. The molecule has 0 bridgehead atoms. The number of nitrogens with one attached hydrogen (secondary N) is 1. The molecule has 0 aliphatic rings. The fraction of sp³-hybridized carbons (Fsp3) is 0.222. The molecule has 0 saturated heterocycles. The molecule has 118 valence electrons. The second kappa shape index (κ2) is 7.15. The van der Waals surface area contributed by atoms with Crippen molar-refractivity contribution in [2.24, 2.45) is 0 Å². The summed E-state index contributed by atoms with van der Waals surface area (Å²) in [6.45, 7) is 2.34. The molecule has 0 radical (unpaired) electrons. The van der Waals surface area contributed by atoms with Gasteiger partial charge >= 0.3 is 0 Å². The monoisotopic (exact) mass is 311 g/mol.